The van der Waals surface area contributed by atoms with Gasteiger partial charge in [-0.05, 0) is 137 Å². The van der Waals surface area contributed by atoms with Crippen LogP contribution < -0.4 is 21.1 Å². The molecule has 3 aromatic carbocycles. The van der Waals surface area contributed by atoms with Crippen molar-refractivity contribution in [2.75, 3.05) is 57.7 Å². The Morgan fingerprint density at radius 3 is 2.12 bits per heavy atom. The lowest BCUT2D eigenvalue weighted by molar-refractivity contribution is -0.136. The molecule has 7 heterocycles. The molecular weight excluding hydrogens is 827 g/mol. The molecule has 0 saturated carbocycles. The summed E-state index contributed by atoms with van der Waals surface area (Å²) in [5.74, 6) is 0.791. The van der Waals surface area contributed by atoms with Crippen LogP contribution in [0.1, 0.15) is 107 Å². The molecule has 1 unspecified atom stereocenters. The maximum atomic E-state index is 13.2. The van der Waals surface area contributed by atoms with Crippen molar-refractivity contribution in [1.82, 2.24) is 34.7 Å². The number of aryl methyl sites for hydroxylation is 1. The standard InChI is InChI=1S/C30H39N5O5.C19H18N4O2/c36-26-7-6-25(27(37)31-26)35-28(38)23-5-4-22(18-24(23)29(35)39)21-10-14-32(15-11-21)19-20-8-16-34(17-9-20)30(40)33-12-2-1-3-13-33;20-18(24)16-17(22-23-12-4-11-21-19(16)23)13-7-9-15(10-8-13)25-14-5-2-1-3-6-14/h4-5,18,20-21,25H,1-3,6-17,19H2,(H,31,36,37);1-3,5-10,21H,4,11-12H2,(H2,20,24). The Labute approximate surface area is 378 Å². The summed E-state index contributed by atoms with van der Waals surface area (Å²) in [6.07, 6.45) is 8.82. The molecule has 4 aromatic rings. The highest BCUT2D eigenvalue weighted by Crippen LogP contribution is 2.35. The lowest BCUT2D eigenvalue weighted by Crippen LogP contribution is -2.54. The van der Waals surface area contributed by atoms with Crippen LogP contribution in [0.4, 0.5) is 10.6 Å². The Hall–Kier alpha value is -6.55. The number of ether oxygens (including phenoxy) is 1. The van der Waals surface area contributed by atoms with E-state index >= 15 is 0 Å². The molecule has 0 spiro atoms. The number of urea groups is 1. The molecule has 6 aliphatic heterocycles. The van der Waals surface area contributed by atoms with Crippen LogP contribution in [-0.4, -0.2) is 123 Å². The van der Waals surface area contributed by atoms with E-state index in [0.717, 1.165) is 131 Å². The molecule has 4 saturated heterocycles. The van der Waals surface area contributed by atoms with Gasteiger partial charge in [-0.3, -0.25) is 34.2 Å². The Bertz CT molecular complexity index is 2430. The lowest BCUT2D eigenvalue weighted by Gasteiger charge is -2.39. The van der Waals surface area contributed by atoms with E-state index in [1.54, 1.807) is 6.07 Å². The van der Waals surface area contributed by atoms with Gasteiger partial charge in [0.25, 0.3) is 17.7 Å². The van der Waals surface area contributed by atoms with E-state index in [4.69, 9.17) is 10.5 Å². The predicted molar refractivity (Wildman–Crippen MR) is 242 cm³/mol. The summed E-state index contributed by atoms with van der Waals surface area (Å²) in [6, 6.07) is 21.9. The van der Waals surface area contributed by atoms with Gasteiger partial charge in [-0.15, -0.1) is 0 Å². The van der Waals surface area contributed by atoms with Crippen molar-refractivity contribution in [1.29, 1.82) is 0 Å². The average Bonchev–Trinajstić information content (AvgIpc) is 3.84. The van der Waals surface area contributed by atoms with Crippen molar-refractivity contribution in [3.63, 3.8) is 0 Å². The molecule has 1 aromatic heterocycles. The summed E-state index contributed by atoms with van der Waals surface area (Å²) in [6.45, 7) is 8.15. The minimum absolute atomic E-state index is 0.115. The number of hydrogen-bond donors (Lipinski definition) is 3. The number of carbonyl (C=O) groups excluding carboxylic acids is 6. The number of hydrogen-bond acceptors (Lipinski definition) is 10. The van der Waals surface area contributed by atoms with Gasteiger partial charge in [-0.25, -0.2) is 9.48 Å². The second-order valence-corrected chi connectivity index (χ2v) is 18.0. The number of aromatic nitrogens is 2. The van der Waals surface area contributed by atoms with E-state index in [1.165, 1.54) is 6.42 Å². The summed E-state index contributed by atoms with van der Waals surface area (Å²) in [5, 5.41) is 10.0. The lowest BCUT2D eigenvalue weighted by atomic mass is 9.87. The van der Waals surface area contributed by atoms with Gasteiger partial charge in [0.15, 0.2) is 0 Å². The van der Waals surface area contributed by atoms with Gasteiger partial charge in [-0.2, -0.15) is 5.10 Å². The first-order valence-electron chi connectivity index (χ1n) is 23.2. The summed E-state index contributed by atoms with van der Waals surface area (Å²) in [7, 11) is 0. The fourth-order valence-corrected chi connectivity index (χ4v) is 10.1. The summed E-state index contributed by atoms with van der Waals surface area (Å²) < 4.78 is 7.61. The Morgan fingerprint density at radius 2 is 1.42 bits per heavy atom. The third-order valence-electron chi connectivity index (χ3n) is 13.7. The van der Waals surface area contributed by atoms with Crippen molar-refractivity contribution in [2.24, 2.45) is 11.7 Å². The first-order valence-corrected chi connectivity index (χ1v) is 23.2. The van der Waals surface area contributed by atoms with Gasteiger partial charge in [0.05, 0.1) is 11.1 Å². The second-order valence-electron chi connectivity index (χ2n) is 18.0. The molecule has 6 aliphatic rings. The largest absolute Gasteiger partial charge is 0.457 e. The maximum Gasteiger partial charge on any atom is 0.319 e. The van der Waals surface area contributed by atoms with Crippen LogP contribution >= 0.6 is 0 Å². The van der Waals surface area contributed by atoms with E-state index in [0.29, 0.717) is 40.0 Å². The van der Waals surface area contributed by atoms with Gasteiger partial charge in [0, 0.05) is 57.8 Å². The number of imide groups is 2. The first kappa shape index (κ1) is 43.7. The predicted octanol–water partition coefficient (Wildman–Crippen LogP) is 5.84. The van der Waals surface area contributed by atoms with E-state index in [2.05, 4.69) is 25.5 Å². The molecule has 340 valence electrons. The van der Waals surface area contributed by atoms with E-state index < -0.39 is 29.7 Å². The van der Waals surface area contributed by atoms with E-state index in [-0.39, 0.29) is 24.8 Å². The molecular formula is C49H57N9O7. The van der Waals surface area contributed by atoms with Crippen LogP contribution in [0, 0.1) is 5.92 Å². The Morgan fingerprint density at radius 1 is 0.723 bits per heavy atom. The number of rotatable bonds is 8. The van der Waals surface area contributed by atoms with Crippen molar-refractivity contribution >= 4 is 41.4 Å². The highest BCUT2D eigenvalue weighted by Gasteiger charge is 2.45. The van der Waals surface area contributed by atoms with Gasteiger partial charge < -0.3 is 30.5 Å². The number of carbonyl (C=O) groups is 6. The third-order valence-corrected chi connectivity index (χ3v) is 13.7. The molecule has 0 radical (unpaired) electrons. The van der Waals surface area contributed by atoms with Crippen LogP contribution in [0.5, 0.6) is 11.5 Å². The fourth-order valence-electron chi connectivity index (χ4n) is 10.1. The smallest absolute Gasteiger partial charge is 0.319 e. The molecule has 4 N–H and O–H groups in total. The van der Waals surface area contributed by atoms with Crippen LogP contribution in [-0.2, 0) is 16.1 Å². The molecule has 7 amide bonds. The molecule has 4 fully saturated rings. The van der Waals surface area contributed by atoms with Crippen LogP contribution in [0.2, 0.25) is 0 Å². The third kappa shape index (κ3) is 9.49. The molecule has 16 heteroatoms. The first-order chi connectivity index (χ1) is 31.6. The van der Waals surface area contributed by atoms with Crippen LogP contribution in [0.3, 0.4) is 0 Å². The molecule has 16 nitrogen and oxygen atoms in total. The number of piperidine rings is 4. The highest BCUT2D eigenvalue weighted by molar-refractivity contribution is 6.23. The van der Waals surface area contributed by atoms with E-state index in [9.17, 15) is 28.8 Å². The molecule has 0 aliphatic carbocycles. The van der Waals surface area contributed by atoms with E-state index in [1.807, 2.05) is 76.3 Å². The fraction of sp³-hybridized carbons (Fsp3) is 0.449. The Balaban J connectivity index is 0.000000182. The molecule has 65 heavy (non-hydrogen) atoms. The number of para-hydroxylation sites is 1. The second kappa shape index (κ2) is 19.3. The number of nitrogens with zero attached hydrogens (tertiary/aromatic N) is 6. The zero-order valence-electron chi connectivity index (χ0n) is 36.7. The topological polar surface area (TPSA) is 193 Å². The number of nitrogens with one attached hydrogen (secondary N) is 2. The maximum absolute atomic E-state index is 13.2. The van der Waals surface area contributed by atoms with Gasteiger partial charge in [0.2, 0.25) is 11.8 Å². The number of primary amides is 1. The normalized spacial score (nSPS) is 20.6. The molecule has 1 atom stereocenters. The molecule has 0 bridgehead atoms. The number of benzene rings is 3. The van der Waals surface area contributed by atoms with Gasteiger partial charge in [-0.1, -0.05) is 24.3 Å². The summed E-state index contributed by atoms with van der Waals surface area (Å²) in [4.78, 5) is 82.5. The number of nitrogens with two attached hydrogens (primary N) is 1. The summed E-state index contributed by atoms with van der Waals surface area (Å²) in [5.41, 5.74) is 9.23. The zero-order chi connectivity index (χ0) is 45.0. The number of likely N-dealkylation sites (tertiary alicyclic amines) is 3. The minimum atomic E-state index is -0.938. The number of amides is 7. The van der Waals surface area contributed by atoms with Gasteiger partial charge in [0.1, 0.15) is 34.6 Å². The monoisotopic (exact) mass is 883 g/mol. The van der Waals surface area contributed by atoms with Crippen molar-refractivity contribution in [3.8, 4) is 22.8 Å². The zero-order valence-corrected chi connectivity index (χ0v) is 36.7. The summed E-state index contributed by atoms with van der Waals surface area (Å²) >= 11 is 0. The SMILES string of the molecule is NC(=O)c1c(-c2ccc(Oc3ccccc3)cc2)nn2c1NCCC2.O=C1CCC(N2C(=O)c3ccc(C4CCN(CC5CCN(C(=O)N6CCCCC6)CC5)CC4)cc3C2=O)C(=O)N1. The highest BCUT2D eigenvalue weighted by atomic mass is 16.5. The quantitative estimate of drug-likeness (QED) is 0.181. The van der Waals surface area contributed by atoms with Crippen molar-refractivity contribution < 1.29 is 33.5 Å². The average molecular weight is 884 g/mol. The number of anilines is 1. The van der Waals surface area contributed by atoms with Crippen molar-refractivity contribution in [2.45, 2.75) is 82.7 Å². The van der Waals surface area contributed by atoms with Crippen LogP contribution in [0.25, 0.3) is 11.3 Å². The van der Waals surface area contributed by atoms with Crippen LogP contribution in [0.15, 0.2) is 72.8 Å². The minimum Gasteiger partial charge on any atom is -0.457 e. The Kier molecular flexibility index (Phi) is 13.0. The van der Waals surface area contributed by atoms with Gasteiger partial charge >= 0.3 is 6.03 Å². The van der Waals surface area contributed by atoms with Crippen molar-refractivity contribution in [3.05, 3.63) is 95.1 Å². The number of fused-ring (bicyclic) bond motifs is 2. The molecule has 10 rings (SSSR count).